The van der Waals surface area contributed by atoms with Crippen LogP contribution in [0.3, 0.4) is 0 Å². The van der Waals surface area contributed by atoms with Crippen molar-refractivity contribution < 1.29 is 4.79 Å². The Balaban J connectivity index is 1.47. The third kappa shape index (κ3) is 2.95. The van der Waals surface area contributed by atoms with E-state index in [1.54, 1.807) is 22.7 Å². The van der Waals surface area contributed by atoms with Gasteiger partial charge in [0.1, 0.15) is 11.5 Å². The highest BCUT2D eigenvalue weighted by molar-refractivity contribution is 6.33. The number of hydrogen-bond donors (Lipinski definition) is 2. The number of fused-ring (bicyclic) bond motifs is 4. The Hall–Kier alpha value is -2.57. The van der Waals surface area contributed by atoms with Gasteiger partial charge in [-0.3, -0.25) is 4.79 Å². The van der Waals surface area contributed by atoms with Crippen LogP contribution in [-0.4, -0.2) is 40.7 Å². The molecule has 0 aliphatic carbocycles. The molecule has 3 saturated heterocycles. The molecule has 2 unspecified atom stereocenters. The number of benzene rings is 1. The first kappa shape index (κ1) is 16.6. The number of nitrogens with one attached hydrogen (secondary N) is 2. The zero-order valence-electron chi connectivity index (χ0n) is 14.7. The monoisotopic (exact) mass is 381 g/mol. The van der Waals surface area contributed by atoms with Crippen molar-refractivity contribution in [2.75, 3.05) is 23.3 Å². The first-order valence-electron chi connectivity index (χ1n) is 9.24. The Bertz CT molecular complexity index is 1010. The molecule has 1 amide bonds. The molecule has 2 aromatic heterocycles. The molecule has 1 aromatic carbocycles. The summed E-state index contributed by atoms with van der Waals surface area (Å²) >= 11 is 6.16. The quantitative estimate of drug-likeness (QED) is 0.731. The minimum absolute atomic E-state index is 0.227. The Morgan fingerprint density at radius 1 is 1.15 bits per heavy atom. The summed E-state index contributed by atoms with van der Waals surface area (Å²) in [7, 11) is 0. The third-order valence-corrected chi connectivity index (χ3v) is 5.82. The van der Waals surface area contributed by atoms with Crippen LogP contribution in [0.2, 0.25) is 5.02 Å². The van der Waals surface area contributed by atoms with E-state index >= 15 is 0 Å². The SMILES string of the molecule is O=C(Nc1ccccc1Cl)c1ccc2ccc(N3CC4CCC3CN4)nn12. The van der Waals surface area contributed by atoms with Gasteiger partial charge in [0.25, 0.3) is 5.91 Å². The molecular weight excluding hydrogens is 362 g/mol. The Morgan fingerprint density at radius 3 is 2.74 bits per heavy atom. The maximum atomic E-state index is 12.8. The number of piperidine rings is 2. The lowest BCUT2D eigenvalue weighted by molar-refractivity contribution is 0.102. The number of aromatic nitrogens is 2. The average molecular weight is 382 g/mol. The van der Waals surface area contributed by atoms with E-state index in [0.717, 1.165) is 24.4 Å². The van der Waals surface area contributed by atoms with Crippen LogP contribution in [0.25, 0.3) is 5.52 Å². The van der Waals surface area contributed by atoms with Gasteiger partial charge < -0.3 is 15.5 Å². The van der Waals surface area contributed by atoms with E-state index < -0.39 is 0 Å². The van der Waals surface area contributed by atoms with Gasteiger partial charge in [-0.1, -0.05) is 23.7 Å². The second-order valence-electron chi connectivity index (χ2n) is 7.17. The molecule has 2 bridgehead atoms. The molecule has 2 atom stereocenters. The summed E-state index contributed by atoms with van der Waals surface area (Å²) < 4.78 is 1.72. The van der Waals surface area contributed by atoms with Gasteiger partial charge in [0.2, 0.25) is 0 Å². The fraction of sp³-hybridized carbons (Fsp3) is 0.300. The summed E-state index contributed by atoms with van der Waals surface area (Å²) in [6, 6.07) is 16.0. The largest absolute Gasteiger partial charge is 0.349 e. The Morgan fingerprint density at radius 2 is 2.00 bits per heavy atom. The zero-order chi connectivity index (χ0) is 18.4. The summed E-state index contributed by atoms with van der Waals surface area (Å²) in [5.41, 5.74) is 1.98. The summed E-state index contributed by atoms with van der Waals surface area (Å²) in [4.78, 5) is 15.2. The first-order chi connectivity index (χ1) is 13.2. The zero-order valence-corrected chi connectivity index (χ0v) is 15.5. The number of halogens is 1. The van der Waals surface area contributed by atoms with Crippen molar-refractivity contribution in [3.05, 3.63) is 59.2 Å². The molecule has 138 valence electrons. The molecule has 3 aliphatic heterocycles. The maximum Gasteiger partial charge on any atom is 0.274 e. The number of carbonyl (C=O) groups is 1. The number of anilines is 2. The van der Waals surface area contributed by atoms with Gasteiger partial charge in [-0.05, 0) is 49.2 Å². The molecule has 3 aliphatic rings. The van der Waals surface area contributed by atoms with Crippen LogP contribution < -0.4 is 15.5 Å². The molecule has 3 fully saturated rings. The number of hydrogen-bond acceptors (Lipinski definition) is 4. The number of nitrogens with zero attached hydrogens (tertiary/aromatic N) is 3. The Kier molecular flexibility index (Phi) is 4.02. The molecule has 27 heavy (non-hydrogen) atoms. The summed E-state index contributed by atoms with van der Waals surface area (Å²) in [6.45, 7) is 1.96. The Labute approximate surface area is 162 Å². The molecule has 7 heteroatoms. The standard InChI is InChI=1S/C20H20ClN5O/c21-16-3-1-2-4-17(16)23-20(27)18-9-7-14-8-10-19(24-26(14)18)25-12-13-5-6-15(25)11-22-13/h1-4,7-10,13,15,22H,5-6,11-12H2,(H,23,27). The summed E-state index contributed by atoms with van der Waals surface area (Å²) in [5.74, 6) is 0.691. The molecule has 5 heterocycles. The fourth-order valence-electron chi connectivity index (χ4n) is 4.04. The highest BCUT2D eigenvalue weighted by Gasteiger charge is 2.34. The number of rotatable bonds is 3. The summed E-state index contributed by atoms with van der Waals surface area (Å²) in [6.07, 6.45) is 2.40. The van der Waals surface area contributed by atoms with E-state index in [1.807, 2.05) is 30.3 Å². The van der Waals surface area contributed by atoms with E-state index in [0.29, 0.717) is 28.5 Å². The van der Waals surface area contributed by atoms with Gasteiger partial charge in [0, 0.05) is 25.2 Å². The highest BCUT2D eigenvalue weighted by atomic mass is 35.5. The van der Waals surface area contributed by atoms with Gasteiger partial charge in [0.05, 0.1) is 16.2 Å². The van der Waals surface area contributed by atoms with E-state index in [2.05, 4.69) is 15.5 Å². The van der Waals surface area contributed by atoms with Crippen LogP contribution in [0.5, 0.6) is 0 Å². The second kappa shape index (κ2) is 6.55. The normalized spacial score (nSPS) is 21.6. The lowest BCUT2D eigenvalue weighted by Gasteiger charge is -2.46. The van der Waals surface area contributed by atoms with Crippen molar-refractivity contribution in [1.82, 2.24) is 14.9 Å². The smallest absolute Gasteiger partial charge is 0.274 e. The van der Waals surface area contributed by atoms with Crippen molar-refractivity contribution in [1.29, 1.82) is 0 Å². The molecular formula is C20H20ClN5O. The number of carbonyl (C=O) groups excluding carboxylic acids is 1. The third-order valence-electron chi connectivity index (χ3n) is 5.49. The van der Waals surface area contributed by atoms with Crippen LogP contribution >= 0.6 is 11.6 Å². The maximum absolute atomic E-state index is 12.8. The first-order valence-corrected chi connectivity index (χ1v) is 9.61. The van der Waals surface area contributed by atoms with Crippen molar-refractivity contribution in [3.8, 4) is 0 Å². The van der Waals surface area contributed by atoms with Crippen molar-refractivity contribution in [3.63, 3.8) is 0 Å². The van der Waals surface area contributed by atoms with E-state index in [-0.39, 0.29) is 5.91 Å². The van der Waals surface area contributed by atoms with E-state index in [1.165, 1.54) is 12.8 Å². The van der Waals surface area contributed by atoms with Crippen LogP contribution in [0.4, 0.5) is 11.5 Å². The van der Waals surface area contributed by atoms with Crippen molar-refractivity contribution in [2.24, 2.45) is 0 Å². The predicted molar refractivity (Wildman–Crippen MR) is 107 cm³/mol. The molecule has 6 rings (SSSR count). The minimum Gasteiger partial charge on any atom is -0.349 e. The number of para-hydroxylation sites is 1. The van der Waals surface area contributed by atoms with E-state index in [9.17, 15) is 4.79 Å². The van der Waals surface area contributed by atoms with Crippen molar-refractivity contribution >= 4 is 34.5 Å². The van der Waals surface area contributed by atoms with Gasteiger partial charge in [0.15, 0.2) is 0 Å². The highest BCUT2D eigenvalue weighted by Crippen LogP contribution is 2.27. The summed E-state index contributed by atoms with van der Waals surface area (Å²) in [5, 5.41) is 11.7. The average Bonchev–Trinajstić information content (AvgIpc) is 3.14. The predicted octanol–water partition coefficient (Wildman–Crippen LogP) is 3.18. The second-order valence-corrected chi connectivity index (χ2v) is 7.58. The molecule has 2 N–H and O–H groups in total. The lowest BCUT2D eigenvalue weighted by Crippen LogP contribution is -2.61. The van der Waals surface area contributed by atoms with Crippen LogP contribution in [0.15, 0.2) is 48.5 Å². The van der Waals surface area contributed by atoms with Gasteiger partial charge in [-0.2, -0.15) is 0 Å². The van der Waals surface area contributed by atoms with Crippen LogP contribution in [0, 0.1) is 0 Å². The molecule has 0 radical (unpaired) electrons. The number of amides is 1. The molecule has 0 spiro atoms. The van der Waals surface area contributed by atoms with Crippen molar-refractivity contribution in [2.45, 2.75) is 24.9 Å². The van der Waals surface area contributed by atoms with Gasteiger partial charge in [-0.15, -0.1) is 5.10 Å². The molecule has 0 saturated carbocycles. The number of piperazine rings is 1. The van der Waals surface area contributed by atoms with Crippen LogP contribution in [-0.2, 0) is 0 Å². The topological polar surface area (TPSA) is 61.7 Å². The molecule has 6 nitrogen and oxygen atoms in total. The lowest BCUT2D eigenvalue weighted by atomic mass is 9.93. The molecule has 3 aromatic rings. The minimum atomic E-state index is -0.227. The van der Waals surface area contributed by atoms with Gasteiger partial charge >= 0.3 is 0 Å². The van der Waals surface area contributed by atoms with Crippen LogP contribution in [0.1, 0.15) is 23.3 Å². The fourth-order valence-corrected chi connectivity index (χ4v) is 4.22. The van der Waals surface area contributed by atoms with Gasteiger partial charge in [-0.25, -0.2) is 4.52 Å². The van der Waals surface area contributed by atoms with E-state index in [4.69, 9.17) is 16.7 Å².